The Morgan fingerprint density at radius 1 is 1.42 bits per heavy atom. The van der Waals surface area contributed by atoms with Crippen molar-refractivity contribution in [2.24, 2.45) is 5.92 Å². The molecule has 2 nitrogen and oxygen atoms in total. The minimum Gasteiger partial charge on any atom is -0.299 e. The third-order valence-electron chi connectivity index (χ3n) is 2.67. The average Bonchev–Trinajstić information content (AvgIpc) is 2.15. The standard InChI is InChI=1S/C10H11NO/c1-7-9(6-10(7)12)8-2-4-11-5-3-8/h2-5,7,9H,6H2,1H3. The van der Waals surface area contributed by atoms with E-state index in [1.165, 1.54) is 5.56 Å². The van der Waals surface area contributed by atoms with Gasteiger partial charge in [0.1, 0.15) is 5.78 Å². The van der Waals surface area contributed by atoms with E-state index >= 15 is 0 Å². The molecule has 2 rings (SSSR count). The molecule has 0 amide bonds. The summed E-state index contributed by atoms with van der Waals surface area (Å²) >= 11 is 0. The number of ketones is 1. The van der Waals surface area contributed by atoms with Crippen molar-refractivity contribution in [3.63, 3.8) is 0 Å². The molecule has 0 spiro atoms. The Balaban J connectivity index is 2.18. The third-order valence-corrected chi connectivity index (χ3v) is 2.67. The van der Waals surface area contributed by atoms with Crippen LogP contribution in [0, 0.1) is 5.92 Å². The maximum Gasteiger partial charge on any atom is 0.136 e. The first-order chi connectivity index (χ1) is 5.79. The summed E-state index contributed by atoms with van der Waals surface area (Å²) in [5.74, 6) is 1.05. The predicted octanol–water partition coefficient (Wildman–Crippen LogP) is 1.77. The van der Waals surface area contributed by atoms with E-state index in [1.807, 2.05) is 19.1 Å². The Hall–Kier alpha value is -1.18. The Morgan fingerprint density at radius 2 is 2.08 bits per heavy atom. The summed E-state index contributed by atoms with van der Waals surface area (Å²) in [7, 11) is 0. The summed E-state index contributed by atoms with van der Waals surface area (Å²) < 4.78 is 0. The maximum atomic E-state index is 11.0. The number of Topliss-reactive ketones (excluding diaryl/α,β-unsaturated/α-hetero) is 1. The first kappa shape index (κ1) is 7.47. The van der Waals surface area contributed by atoms with Crippen LogP contribution in [0.3, 0.4) is 0 Å². The minimum atomic E-state index is 0.215. The smallest absolute Gasteiger partial charge is 0.136 e. The zero-order chi connectivity index (χ0) is 8.55. The van der Waals surface area contributed by atoms with Crippen LogP contribution in [0.1, 0.15) is 24.8 Å². The summed E-state index contributed by atoms with van der Waals surface area (Å²) in [6.07, 6.45) is 4.28. The van der Waals surface area contributed by atoms with Gasteiger partial charge in [-0.3, -0.25) is 9.78 Å². The molecule has 1 aliphatic carbocycles. The molecule has 1 saturated carbocycles. The quantitative estimate of drug-likeness (QED) is 0.628. The normalized spacial score (nSPS) is 28.2. The van der Waals surface area contributed by atoms with Crippen LogP contribution in [0.2, 0.25) is 0 Å². The van der Waals surface area contributed by atoms with Crippen LogP contribution in [-0.2, 0) is 4.79 Å². The first-order valence-electron chi connectivity index (χ1n) is 4.21. The molecule has 0 bridgehead atoms. The Bertz CT molecular complexity index is 294. The van der Waals surface area contributed by atoms with Crippen molar-refractivity contribution in [2.45, 2.75) is 19.3 Å². The molecule has 2 atom stereocenters. The Morgan fingerprint density at radius 3 is 2.58 bits per heavy atom. The van der Waals surface area contributed by atoms with Crippen LogP contribution in [-0.4, -0.2) is 10.8 Å². The molecule has 1 fully saturated rings. The second-order valence-electron chi connectivity index (χ2n) is 3.35. The van der Waals surface area contributed by atoms with Crippen molar-refractivity contribution in [1.82, 2.24) is 4.98 Å². The van der Waals surface area contributed by atoms with Crippen molar-refractivity contribution < 1.29 is 4.79 Å². The molecule has 2 unspecified atom stereocenters. The number of hydrogen-bond acceptors (Lipinski definition) is 2. The fourth-order valence-electron chi connectivity index (χ4n) is 1.66. The van der Waals surface area contributed by atoms with Crippen molar-refractivity contribution >= 4 is 5.78 Å². The molecule has 1 aromatic rings. The Kier molecular flexibility index (Phi) is 1.68. The Labute approximate surface area is 71.6 Å². The SMILES string of the molecule is CC1C(=O)CC1c1ccncc1. The number of carbonyl (C=O) groups is 1. The lowest BCUT2D eigenvalue weighted by molar-refractivity contribution is -0.130. The number of pyridine rings is 1. The van der Waals surface area contributed by atoms with Crippen molar-refractivity contribution in [1.29, 1.82) is 0 Å². The summed E-state index contributed by atoms with van der Waals surface area (Å²) in [5, 5.41) is 0. The van der Waals surface area contributed by atoms with Gasteiger partial charge >= 0.3 is 0 Å². The zero-order valence-electron chi connectivity index (χ0n) is 7.03. The molecule has 0 saturated heterocycles. The van der Waals surface area contributed by atoms with Crippen molar-refractivity contribution in [3.05, 3.63) is 30.1 Å². The van der Waals surface area contributed by atoms with Gasteiger partial charge in [0.2, 0.25) is 0 Å². The van der Waals surface area contributed by atoms with Crippen LogP contribution in [0.4, 0.5) is 0 Å². The van der Waals surface area contributed by atoms with Gasteiger partial charge in [0.05, 0.1) is 0 Å². The van der Waals surface area contributed by atoms with Gasteiger partial charge in [0, 0.05) is 30.7 Å². The van der Waals surface area contributed by atoms with E-state index in [4.69, 9.17) is 0 Å². The van der Waals surface area contributed by atoms with Crippen molar-refractivity contribution in [3.8, 4) is 0 Å². The second kappa shape index (κ2) is 2.70. The second-order valence-corrected chi connectivity index (χ2v) is 3.35. The van der Waals surface area contributed by atoms with Crippen molar-refractivity contribution in [2.75, 3.05) is 0 Å². The molecule has 12 heavy (non-hydrogen) atoms. The summed E-state index contributed by atoms with van der Waals surface area (Å²) in [4.78, 5) is 14.9. The van der Waals surface area contributed by atoms with E-state index < -0.39 is 0 Å². The largest absolute Gasteiger partial charge is 0.299 e. The molecule has 62 valence electrons. The molecule has 1 heterocycles. The van der Waals surface area contributed by atoms with Crippen LogP contribution in [0.5, 0.6) is 0 Å². The van der Waals surface area contributed by atoms with Gasteiger partial charge in [-0.2, -0.15) is 0 Å². The van der Waals surface area contributed by atoms with E-state index in [-0.39, 0.29) is 5.92 Å². The van der Waals surface area contributed by atoms with E-state index in [0.717, 1.165) is 0 Å². The maximum absolute atomic E-state index is 11.0. The number of carbonyl (C=O) groups excluding carboxylic acids is 1. The van der Waals surface area contributed by atoms with Gasteiger partial charge < -0.3 is 0 Å². The molecule has 0 aliphatic heterocycles. The molecule has 0 aromatic carbocycles. The third kappa shape index (κ3) is 1.04. The van der Waals surface area contributed by atoms with E-state index in [1.54, 1.807) is 12.4 Å². The number of nitrogens with zero attached hydrogens (tertiary/aromatic N) is 1. The average molecular weight is 161 g/mol. The highest BCUT2D eigenvalue weighted by atomic mass is 16.1. The fraction of sp³-hybridized carbons (Fsp3) is 0.400. The first-order valence-corrected chi connectivity index (χ1v) is 4.21. The van der Waals surface area contributed by atoms with Gasteiger partial charge in [-0.1, -0.05) is 6.92 Å². The molecular formula is C10H11NO. The number of aromatic nitrogens is 1. The van der Waals surface area contributed by atoms with Crippen LogP contribution >= 0.6 is 0 Å². The molecule has 1 aromatic heterocycles. The lowest BCUT2D eigenvalue weighted by Gasteiger charge is -2.32. The van der Waals surface area contributed by atoms with Crippen LogP contribution < -0.4 is 0 Å². The minimum absolute atomic E-state index is 0.215. The van der Waals surface area contributed by atoms with Gasteiger partial charge in [-0.05, 0) is 17.7 Å². The van der Waals surface area contributed by atoms with Crippen LogP contribution in [0.15, 0.2) is 24.5 Å². The highest BCUT2D eigenvalue weighted by Crippen LogP contribution is 2.38. The topological polar surface area (TPSA) is 30.0 Å². The van der Waals surface area contributed by atoms with Crippen LogP contribution in [0.25, 0.3) is 0 Å². The number of rotatable bonds is 1. The molecule has 0 N–H and O–H groups in total. The van der Waals surface area contributed by atoms with E-state index in [9.17, 15) is 4.79 Å². The summed E-state index contributed by atoms with van der Waals surface area (Å²) in [6.45, 7) is 2.00. The molecule has 1 aliphatic rings. The lowest BCUT2D eigenvalue weighted by Crippen LogP contribution is -2.32. The summed E-state index contributed by atoms with van der Waals surface area (Å²) in [6, 6.07) is 3.99. The van der Waals surface area contributed by atoms with Gasteiger partial charge in [-0.25, -0.2) is 0 Å². The molecule has 2 heteroatoms. The highest BCUT2D eigenvalue weighted by molar-refractivity contribution is 5.88. The molecular weight excluding hydrogens is 150 g/mol. The van der Waals surface area contributed by atoms with Gasteiger partial charge in [-0.15, -0.1) is 0 Å². The summed E-state index contributed by atoms with van der Waals surface area (Å²) in [5.41, 5.74) is 1.25. The van der Waals surface area contributed by atoms with Gasteiger partial charge in [0.25, 0.3) is 0 Å². The number of hydrogen-bond donors (Lipinski definition) is 0. The molecule has 0 radical (unpaired) electrons. The zero-order valence-corrected chi connectivity index (χ0v) is 7.03. The van der Waals surface area contributed by atoms with Gasteiger partial charge in [0.15, 0.2) is 0 Å². The van der Waals surface area contributed by atoms with E-state index in [0.29, 0.717) is 18.1 Å². The highest BCUT2D eigenvalue weighted by Gasteiger charge is 2.36. The monoisotopic (exact) mass is 161 g/mol. The fourth-order valence-corrected chi connectivity index (χ4v) is 1.66. The van der Waals surface area contributed by atoms with E-state index in [2.05, 4.69) is 4.98 Å². The lowest BCUT2D eigenvalue weighted by atomic mass is 9.70. The predicted molar refractivity (Wildman–Crippen MR) is 45.8 cm³/mol.